The van der Waals surface area contributed by atoms with Crippen LogP contribution in [-0.2, 0) is 40.5 Å². The second-order valence-electron chi connectivity index (χ2n) is 12.1. The molecule has 0 radical (unpaired) electrons. The predicted octanol–water partition coefficient (Wildman–Crippen LogP) is -4.56. The molecule has 6 rings (SSSR count). The first-order valence-corrected chi connectivity index (χ1v) is 21.6. The second kappa shape index (κ2) is 20.1. The molecule has 61 heavy (non-hydrogen) atoms. The van der Waals surface area contributed by atoms with Crippen molar-refractivity contribution in [3.05, 3.63) is 103 Å². The van der Waals surface area contributed by atoms with Crippen molar-refractivity contribution < 1.29 is 155 Å². The van der Waals surface area contributed by atoms with Gasteiger partial charge < -0.3 is 29.0 Å². The molecule has 6 aromatic rings. The van der Waals surface area contributed by atoms with Gasteiger partial charge in [0, 0.05) is 17.8 Å². The summed E-state index contributed by atoms with van der Waals surface area (Å²) in [6.07, 6.45) is 0. The van der Waals surface area contributed by atoms with Crippen molar-refractivity contribution in [3.8, 4) is 17.2 Å². The first kappa shape index (κ1) is 52.1. The Kier molecular flexibility index (Phi) is 17.2. The molecule has 0 aromatic heterocycles. The van der Waals surface area contributed by atoms with Crippen molar-refractivity contribution >= 4 is 90.8 Å². The smallest absolute Gasteiger partial charge is 0.872 e. The third kappa shape index (κ3) is 12.3. The zero-order chi connectivity index (χ0) is 42.4. The number of methoxy groups -OCH3 is 1. The fourth-order valence-corrected chi connectivity index (χ4v) is 8.06. The average Bonchev–Trinajstić information content (AvgIpc) is 3.13. The standard InChI is InChI=1S/C35H28N4O15S4.3Na/c1-19-10-29(37-35(41)36-22-8-9-27-20(11-22)12-25(16-31(27)40)56(45,46)47)32(53-2)18-28(19)38-39-30-15-24(55(42,43)44)13-21-14-26(57(48,49)50)17-33(34(21)30)54-58(51,52)23-6-4-3-5-7-23;;;/h3-18,40H,1-2H3,(H2,36,37,41)(H,42,43,44)(H,45,46,47)(H,48,49,50);;;/q;3*+1/p-3. The van der Waals surface area contributed by atoms with Crippen molar-refractivity contribution in [1.29, 1.82) is 0 Å². The molecule has 0 unspecified atom stereocenters. The number of amidine groups is 1. The molecule has 0 saturated heterocycles. The van der Waals surface area contributed by atoms with E-state index in [-0.39, 0.29) is 138 Å². The van der Waals surface area contributed by atoms with Crippen molar-refractivity contribution in [2.45, 2.75) is 26.5 Å². The van der Waals surface area contributed by atoms with Crippen LogP contribution in [0.3, 0.4) is 0 Å². The summed E-state index contributed by atoms with van der Waals surface area (Å²) in [5.41, 5.74) is -0.103. The molecule has 0 spiro atoms. The average molecular weight is 939 g/mol. The minimum atomic E-state index is -5.26. The number of benzene rings is 6. The van der Waals surface area contributed by atoms with E-state index in [1.54, 1.807) is 0 Å². The van der Waals surface area contributed by atoms with Crippen LogP contribution in [0.25, 0.3) is 21.5 Å². The van der Waals surface area contributed by atoms with Gasteiger partial charge in [-0.2, -0.15) is 30.4 Å². The zero-order valence-electron chi connectivity index (χ0n) is 32.4. The van der Waals surface area contributed by atoms with Gasteiger partial charge in [0.15, 0.2) is 5.75 Å². The number of nitrogens with zero attached hydrogens (tertiary/aromatic N) is 3. The Labute approximate surface area is 415 Å². The van der Waals surface area contributed by atoms with Gasteiger partial charge in [0.25, 0.3) is 20.2 Å². The number of azo groups is 1. The molecule has 0 saturated carbocycles. The molecule has 6 aromatic carbocycles. The second-order valence-corrected chi connectivity index (χ2v) is 17.9. The van der Waals surface area contributed by atoms with Crippen LogP contribution in [0.15, 0.2) is 132 Å². The van der Waals surface area contributed by atoms with Gasteiger partial charge in [-0.3, -0.25) is 9.11 Å². The largest absolute Gasteiger partial charge is 1.00 e. The van der Waals surface area contributed by atoms with E-state index in [0.29, 0.717) is 6.07 Å². The van der Waals surface area contributed by atoms with Gasteiger partial charge in [-0.05, 0) is 89.3 Å². The van der Waals surface area contributed by atoms with Crippen molar-refractivity contribution in [2.24, 2.45) is 15.2 Å². The monoisotopic (exact) mass is 938 g/mol. The molecule has 0 atom stereocenters. The van der Waals surface area contributed by atoms with Crippen LogP contribution in [0.2, 0.25) is 0 Å². The van der Waals surface area contributed by atoms with Gasteiger partial charge in [0.05, 0.1) is 44.6 Å². The number of aryl methyl sites for hydroxylation is 1. The van der Waals surface area contributed by atoms with Crippen LogP contribution < -0.4 is 113 Å². The summed E-state index contributed by atoms with van der Waals surface area (Å²) in [7, 11) is -18.5. The molecule has 0 aliphatic carbocycles. The number of nitrogens with one attached hydrogen (secondary N) is 1. The Morgan fingerprint density at radius 2 is 1.25 bits per heavy atom. The molecular weight excluding hydrogens is 914 g/mol. The van der Waals surface area contributed by atoms with Crippen molar-refractivity contribution in [1.82, 2.24) is 0 Å². The first-order chi connectivity index (χ1) is 27.0. The van der Waals surface area contributed by atoms with Crippen LogP contribution in [-0.4, -0.2) is 60.5 Å². The maximum Gasteiger partial charge on any atom is 1.00 e. The van der Waals surface area contributed by atoms with Crippen molar-refractivity contribution in [3.63, 3.8) is 0 Å². The number of fused-ring (bicyclic) bond motifs is 2. The maximum atomic E-state index is 13.2. The summed E-state index contributed by atoms with van der Waals surface area (Å²) in [6, 6.07) is 17.1. The van der Waals surface area contributed by atoms with Gasteiger partial charge in [-0.1, -0.05) is 30.0 Å². The molecule has 0 heterocycles. The van der Waals surface area contributed by atoms with Gasteiger partial charge in [0.2, 0.25) is 0 Å². The normalized spacial score (nSPS) is 12.3. The van der Waals surface area contributed by atoms with Crippen LogP contribution in [0.1, 0.15) is 5.56 Å². The quantitative estimate of drug-likeness (QED) is 0.0275. The predicted molar refractivity (Wildman–Crippen MR) is 202 cm³/mol. The van der Waals surface area contributed by atoms with E-state index in [2.05, 4.69) is 20.5 Å². The number of hydrogen-bond acceptors (Lipinski definition) is 16. The number of ether oxygens (including phenoxy) is 1. The summed E-state index contributed by atoms with van der Waals surface area (Å²) in [5, 5.41) is 35.5. The van der Waals surface area contributed by atoms with Gasteiger partial charge in [0.1, 0.15) is 26.5 Å². The molecule has 19 nitrogen and oxygen atoms in total. The molecule has 0 aliphatic heterocycles. The Balaban J connectivity index is 0.00000331. The van der Waals surface area contributed by atoms with E-state index < -0.39 is 83.8 Å². The van der Waals surface area contributed by atoms with Crippen LogP contribution >= 0.6 is 0 Å². The number of hydrogen-bond donors (Lipinski definition) is 3. The molecule has 26 heteroatoms. The van der Waals surface area contributed by atoms with E-state index in [4.69, 9.17) is 8.92 Å². The summed E-state index contributed by atoms with van der Waals surface area (Å²) in [4.78, 5) is 1.17. The van der Waals surface area contributed by atoms with Crippen LogP contribution in [0.5, 0.6) is 17.2 Å². The first-order valence-electron chi connectivity index (χ1n) is 15.9. The zero-order valence-corrected chi connectivity index (χ0v) is 41.7. The topological polar surface area (TPSA) is 314 Å². The van der Waals surface area contributed by atoms with Crippen molar-refractivity contribution in [2.75, 3.05) is 12.4 Å². The Bertz CT molecular complexity index is 3190. The van der Waals surface area contributed by atoms with E-state index >= 15 is 0 Å². The number of rotatable bonds is 11. The minimum absolute atomic E-state index is 0. The number of anilines is 1. The van der Waals surface area contributed by atoms with Crippen LogP contribution in [0, 0.1) is 6.92 Å². The fraction of sp³-hybridized carbons (Fsp3) is 0.0571. The molecule has 302 valence electrons. The Morgan fingerprint density at radius 1 is 0.656 bits per heavy atom. The van der Waals surface area contributed by atoms with Gasteiger partial charge in [-0.15, -0.1) is 5.11 Å². The molecular formula is C35H25N4Na3O15S4. The van der Waals surface area contributed by atoms with E-state index in [1.165, 1.54) is 74.7 Å². The summed E-state index contributed by atoms with van der Waals surface area (Å²) < 4.78 is 140. The molecule has 0 amide bonds. The minimum Gasteiger partial charge on any atom is -0.872 e. The molecule has 0 bridgehead atoms. The summed E-state index contributed by atoms with van der Waals surface area (Å²) in [6.45, 7) is 1.51. The SMILES string of the molecule is COc1cc(N=Nc2cc(S(=O)(=O)[O-])cc3cc(S(=O)(=O)O)cc(OS(=O)(=O)c4ccccc4)c23)c(C)cc1N=C([O-])Nc1ccc2c([O-])cc(S(=O)(=O)O)cc2c1.[Na+].[Na+].[Na+]. The number of aliphatic imine (C=N–C) groups is 1. The van der Waals surface area contributed by atoms with E-state index in [0.717, 1.165) is 30.3 Å². The Morgan fingerprint density at radius 3 is 1.85 bits per heavy atom. The molecule has 0 aliphatic rings. The van der Waals surface area contributed by atoms with Gasteiger partial charge in [-0.25, -0.2) is 13.4 Å². The molecule has 3 N–H and O–H groups in total. The maximum absolute atomic E-state index is 13.2. The van der Waals surface area contributed by atoms with E-state index in [9.17, 15) is 57.5 Å². The summed E-state index contributed by atoms with van der Waals surface area (Å²) >= 11 is 0. The van der Waals surface area contributed by atoms with Crippen LogP contribution in [0.4, 0.5) is 22.7 Å². The van der Waals surface area contributed by atoms with Gasteiger partial charge >= 0.3 is 98.8 Å². The fourth-order valence-electron chi connectivity index (χ4n) is 5.52. The third-order valence-electron chi connectivity index (χ3n) is 8.18. The van der Waals surface area contributed by atoms with E-state index in [1.807, 2.05) is 0 Å². The summed E-state index contributed by atoms with van der Waals surface area (Å²) in [5.74, 6) is -1.46. The third-order valence-corrected chi connectivity index (χ3v) is 11.9. The molecule has 0 fully saturated rings. The Hall–Kier alpha value is -3.21.